The topological polar surface area (TPSA) is 117 Å². The van der Waals surface area contributed by atoms with E-state index in [0.29, 0.717) is 0 Å². The first-order chi connectivity index (χ1) is 12.1. The molecule has 6 nitrogen and oxygen atoms in total. The molecule has 0 saturated carbocycles. The summed E-state index contributed by atoms with van der Waals surface area (Å²) in [6, 6.07) is 0. The first kappa shape index (κ1) is 34.4. The molecular weight excluding hydrogens is 495 g/mol. The van der Waals surface area contributed by atoms with Gasteiger partial charge in [0.25, 0.3) is 0 Å². The molecule has 0 aliphatic rings. The fraction of sp³-hybridized carbons (Fsp3) is 0.400. The maximum absolute atomic E-state index is 11.3. The Hall–Kier alpha value is -2.08. The van der Waals surface area contributed by atoms with Gasteiger partial charge in [0.2, 0.25) is 0 Å². The molecule has 0 atom stereocenters. The SMILES string of the molecule is O.O=C([CH-]C(=O)C(F)(F)F)C(F)(F)F.O=C([CH-]C(=O)C(F)(F)F)C(F)(F)F.[O]=[V+2]. The second-order valence-corrected chi connectivity index (χ2v) is 3.74. The van der Waals surface area contributed by atoms with Gasteiger partial charge in [-0.3, -0.25) is 0 Å². The zero-order valence-corrected chi connectivity index (χ0v) is 14.1. The predicted octanol–water partition coefficient (Wildman–Crippen LogP) is 1.96. The van der Waals surface area contributed by atoms with Gasteiger partial charge in [-0.1, -0.05) is 0 Å². The molecule has 0 aromatic carbocycles. The molecule has 0 aromatic heterocycles. The van der Waals surface area contributed by atoms with Crippen LogP contribution in [0.15, 0.2) is 0 Å². The van der Waals surface area contributed by atoms with Gasteiger partial charge in [0, 0.05) is 0 Å². The summed E-state index contributed by atoms with van der Waals surface area (Å²) in [6.07, 6.45) is -23.9. The van der Waals surface area contributed by atoms with E-state index in [0.717, 1.165) is 17.4 Å². The fourth-order valence-electron chi connectivity index (χ4n) is 0.565. The molecule has 0 aliphatic heterocycles. The molecule has 0 fully saturated rings. The molecule has 0 amide bonds. The van der Waals surface area contributed by atoms with Crippen LogP contribution in [-0.4, -0.2) is 53.3 Å². The van der Waals surface area contributed by atoms with Crippen LogP contribution in [0.2, 0.25) is 0 Å². The molecule has 0 bridgehead atoms. The number of rotatable bonds is 4. The van der Waals surface area contributed by atoms with Gasteiger partial charge in [-0.15, -0.1) is 0 Å². The fourth-order valence-corrected chi connectivity index (χ4v) is 0.565. The zero-order valence-electron chi connectivity index (χ0n) is 12.7. The number of alkyl halides is 12. The van der Waals surface area contributed by atoms with Gasteiger partial charge in [0.1, 0.15) is 23.1 Å². The summed E-state index contributed by atoms with van der Waals surface area (Å²) in [6.45, 7) is 0. The second kappa shape index (κ2) is 12.5. The number of hydrogen-bond acceptors (Lipinski definition) is 5. The third-order valence-corrected chi connectivity index (χ3v) is 1.64. The van der Waals surface area contributed by atoms with Crippen LogP contribution in [0.1, 0.15) is 0 Å². The standard InChI is InChI=1S/2C5HF6O2.H2O.O.V/c2*6-4(7,8)2(12)1-3(13)5(9,10)11;;;/h2*1H;1H2;;/q2*-1;;;+2. The van der Waals surface area contributed by atoms with Crippen molar-refractivity contribution in [3.63, 3.8) is 0 Å². The van der Waals surface area contributed by atoms with Crippen molar-refractivity contribution < 1.29 is 98.4 Å². The molecule has 0 saturated heterocycles. The summed E-state index contributed by atoms with van der Waals surface area (Å²) in [5, 5.41) is 0. The van der Waals surface area contributed by atoms with Gasteiger partial charge in [0.15, 0.2) is 0 Å². The van der Waals surface area contributed by atoms with Gasteiger partial charge < -0.3 is 24.7 Å². The van der Waals surface area contributed by atoms with Crippen LogP contribution in [0.3, 0.4) is 0 Å². The van der Waals surface area contributed by atoms with Crippen LogP contribution >= 0.6 is 0 Å². The van der Waals surface area contributed by atoms with E-state index in [-0.39, 0.29) is 5.48 Å². The third kappa shape index (κ3) is 16.6. The Labute approximate surface area is 160 Å². The summed E-state index contributed by atoms with van der Waals surface area (Å²) in [5.41, 5.74) is 0. The van der Waals surface area contributed by atoms with Gasteiger partial charge >= 0.3 is 45.7 Å². The molecule has 0 aromatic rings. The summed E-state index contributed by atoms with van der Waals surface area (Å²) < 4.78 is 144. The van der Waals surface area contributed by atoms with E-state index in [1.807, 2.05) is 0 Å². The number of Topliss-reactive ketones (excluding diaryl/α,β-unsaturated/α-hetero) is 4. The molecule has 0 heterocycles. The minimum absolute atomic E-state index is 0. The molecule has 0 unspecified atom stereocenters. The van der Waals surface area contributed by atoms with E-state index in [4.69, 9.17) is 3.67 Å². The van der Waals surface area contributed by atoms with E-state index in [1.54, 1.807) is 0 Å². The predicted molar refractivity (Wildman–Crippen MR) is 57.1 cm³/mol. The van der Waals surface area contributed by atoms with Crippen molar-refractivity contribution in [1.82, 2.24) is 0 Å². The number of ketones is 4. The molecule has 29 heavy (non-hydrogen) atoms. The minimum atomic E-state index is -5.46. The van der Waals surface area contributed by atoms with Crippen molar-refractivity contribution in [3.8, 4) is 0 Å². The van der Waals surface area contributed by atoms with Crippen molar-refractivity contribution in [3.05, 3.63) is 12.8 Å². The van der Waals surface area contributed by atoms with Crippen LogP contribution in [-0.2, 0) is 40.2 Å². The summed E-state index contributed by atoms with van der Waals surface area (Å²) in [5.74, 6) is -11.3. The Bertz CT molecular complexity index is 476. The van der Waals surface area contributed by atoms with E-state index >= 15 is 0 Å². The first-order valence-electron chi connectivity index (χ1n) is 5.42. The molecule has 0 aliphatic carbocycles. The quantitative estimate of drug-likeness (QED) is 0.333. The first-order valence-corrected chi connectivity index (χ1v) is 5.99. The Balaban J connectivity index is -0.000000192. The molecule has 0 rings (SSSR count). The Morgan fingerprint density at radius 3 is 0.621 bits per heavy atom. The molecule has 0 radical (unpaired) electrons. The molecule has 169 valence electrons. The summed E-state index contributed by atoms with van der Waals surface area (Å²) in [7, 11) is 0. The van der Waals surface area contributed by atoms with Gasteiger partial charge in [0.05, 0.1) is 0 Å². The third-order valence-electron chi connectivity index (χ3n) is 1.64. The van der Waals surface area contributed by atoms with Gasteiger partial charge in [-0.05, 0) is 0 Å². The number of hydrogen-bond donors (Lipinski definition) is 0. The Morgan fingerprint density at radius 2 is 0.552 bits per heavy atom. The van der Waals surface area contributed by atoms with Crippen molar-refractivity contribution in [2.24, 2.45) is 0 Å². The molecule has 19 heteroatoms. The van der Waals surface area contributed by atoms with Crippen LogP contribution in [0.5, 0.6) is 0 Å². The monoisotopic (exact) mass is 499 g/mol. The molecular formula is C10H4F12O6V. The average molecular weight is 499 g/mol. The van der Waals surface area contributed by atoms with Crippen LogP contribution in [0.25, 0.3) is 0 Å². The normalized spacial score (nSPS) is 11.4. The number of carbonyl (C=O) groups is 4. The number of halogens is 12. The zero-order chi connectivity index (χ0) is 23.7. The van der Waals surface area contributed by atoms with E-state index in [1.165, 1.54) is 0 Å². The van der Waals surface area contributed by atoms with Crippen LogP contribution < -0.4 is 0 Å². The Kier molecular flexibility index (Phi) is 14.8. The van der Waals surface area contributed by atoms with Crippen molar-refractivity contribution in [2.75, 3.05) is 0 Å². The summed E-state index contributed by atoms with van der Waals surface area (Å²) >= 11 is 1.06. The molecule has 0 spiro atoms. The maximum atomic E-state index is 11.3. The van der Waals surface area contributed by atoms with Crippen molar-refractivity contribution >= 4 is 23.1 Å². The average Bonchev–Trinajstić information content (AvgIpc) is 2.45. The van der Waals surface area contributed by atoms with E-state index < -0.39 is 60.7 Å². The van der Waals surface area contributed by atoms with Crippen molar-refractivity contribution in [1.29, 1.82) is 0 Å². The molecule has 2 N–H and O–H groups in total. The van der Waals surface area contributed by atoms with Crippen LogP contribution in [0.4, 0.5) is 52.7 Å². The van der Waals surface area contributed by atoms with Crippen LogP contribution in [0, 0.1) is 12.8 Å². The van der Waals surface area contributed by atoms with Crippen molar-refractivity contribution in [2.45, 2.75) is 24.7 Å². The summed E-state index contributed by atoms with van der Waals surface area (Å²) in [4.78, 5) is 39.3. The Morgan fingerprint density at radius 1 is 0.448 bits per heavy atom. The second-order valence-electron chi connectivity index (χ2n) is 3.74. The van der Waals surface area contributed by atoms with Gasteiger partial charge in [-0.2, -0.15) is 52.7 Å². The van der Waals surface area contributed by atoms with E-state index in [9.17, 15) is 71.9 Å². The van der Waals surface area contributed by atoms with Gasteiger partial charge in [-0.25, -0.2) is 12.8 Å². The van der Waals surface area contributed by atoms with E-state index in [2.05, 4.69) is 0 Å². The number of carbonyl (C=O) groups excluding carboxylic acids is 4.